The second-order valence-electron chi connectivity index (χ2n) is 4.30. The number of hydrogen-bond donors (Lipinski definition) is 1. The Kier molecular flexibility index (Phi) is 3.93. The zero-order chi connectivity index (χ0) is 14.5. The Hall–Kier alpha value is -2.66. The van der Waals surface area contributed by atoms with E-state index < -0.39 is 0 Å². The highest BCUT2D eigenvalue weighted by molar-refractivity contribution is 7.07. The van der Waals surface area contributed by atoms with Crippen LogP contribution < -0.4 is 10.2 Å². The molecule has 3 aromatic rings. The van der Waals surface area contributed by atoms with E-state index in [1.165, 1.54) is 11.3 Å². The van der Waals surface area contributed by atoms with E-state index in [-0.39, 0.29) is 0 Å². The highest BCUT2D eigenvalue weighted by atomic mass is 32.1. The smallest absolute Gasteiger partial charge is 0.227 e. The van der Waals surface area contributed by atoms with Crippen molar-refractivity contribution < 1.29 is 4.79 Å². The monoisotopic (exact) mass is 295 g/mol. The van der Waals surface area contributed by atoms with Crippen molar-refractivity contribution in [3.05, 3.63) is 70.8 Å². The number of nitrogens with zero attached hydrogens (tertiary/aromatic N) is 2. The van der Waals surface area contributed by atoms with Gasteiger partial charge in [-0.1, -0.05) is 48.5 Å². The molecule has 1 N–H and O–H groups in total. The minimum atomic E-state index is 0.567. The van der Waals surface area contributed by atoms with Gasteiger partial charge in [0.25, 0.3) is 0 Å². The van der Waals surface area contributed by atoms with Gasteiger partial charge in [0, 0.05) is 11.1 Å². The van der Waals surface area contributed by atoms with E-state index in [1.54, 1.807) is 0 Å². The van der Waals surface area contributed by atoms with E-state index >= 15 is 0 Å². The molecule has 0 spiro atoms. The molecule has 0 atom stereocenters. The maximum absolute atomic E-state index is 10.5. The number of amides is 1. The molecule has 0 saturated heterocycles. The van der Waals surface area contributed by atoms with E-state index in [1.807, 2.05) is 58.5 Å². The Bertz CT molecular complexity index is 791. The molecule has 5 heteroatoms. The molecular formula is C16H13N3OS. The van der Waals surface area contributed by atoms with Crippen molar-refractivity contribution >= 4 is 17.7 Å². The van der Waals surface area contributed by atoms with Gasteiger partial charge in [0.15, 0.2) is 0 Å². The third kappa shape index (κ3) is 2.78. The number of para-hydroxylation sites is 1. The number of carbonyl (C=O) groups is 1. The molecule has 104 valence electrons. The van der Waals surface area contributed by atoms with Crippen LogP contribution in [0.4, 0.5) is 0 Å². The maximum Gasteiger partial charge on any atom is 0.227 e. The molecule has 0 aliphatic carbocycles. The zero-order valence-corrected chi connectivity index (χ0v) is 12.0. The normalized spacial score (nSPS) is 11.3. The summed E-state index contributed by atoms with van der Waals surface area (Å²) in [5.41, 5.74) is 5.52. The van der Waals surface area contributed by atoms with Crippen LogP contribution in [0.3, 0.4) is 0 Å². The molecule has 0 saturated carbocycles. The third-order valence-electron chi connectivity index (χ3n) is 3.01. The molecule has 0 aliphatic heterocycles. The van der Waals surface area contributed by atoms with Gasteiger partial charge in [0.2, 0.25) is 11.2 Å². The van der Waals surface area contributed by atoms with Gasteiger partial charge < -0.3 is 0 Å². The lowest BCUT2D eigenvalue weighted by atomic mass is 10.1. The Morgan fingerprint density at radius 2 is 1.67 bits per heavy atom. The van der Waals surface area contributed by atoms with Crippen molar-refractivity contribution in [2.24, 2.45) is 5.10 Å². The second kappa shape index (κ2) is 6.19. The number of benzene rings is 2. The molecule has 0 bridgehead atoms. The fraction of sp³-hybridized carbons (Fsp3) is 0. The van der Waals surface area contributed by atoms with Crippen LogP contribution in [-0.4, -0.2) is 11.0 Å². The second-order valence-corrected chi connectivity index (χ2v) is 5.14. The summed E-state index contributed by atoms with van der Waals surface area (Å²) in [6.45, 7) is 0. The van der Waals surface area contributed by atoms with Gasteiger partial charge in [-0.3, -0.25) is 9.36 Å². The van der Waals surface area contributed by atoms with Crippen LogP contribution >= 0.6 is 11.3 Å². The minimum Gasteiger partial charge on any atom is -0.284 e. The molecule has 0 aliphatic rings. The molecule has 1 heterocycles. The van der Waals surface area contributed by atoms with Gasteiger partial charge in [-0.2, -0.15) is 0 Å². The number of carbonyl (C=O) groups excluding carboxylic acids is 1. The fourth-order valence-electron chi connectivity index (χ4n) is 2.11. The van der Waals surface area contributed by atoms with Crippen molar-refractivity contribution in [3.8, 4) is 16.9 Å². The number of aromatic nitrogens is 1. The standard InChI is InChI=1S/C16H13N3OS/c20-12-17-18-16-19(14-9-5-2-6-10-14)15(11-21-16)13-7-3-1-4-8-13/h1-12H,(H,17,20). The average Bonchev–Trinajstić information content (AvgIpc) is 2.98. The molecule has 21 heavy (non-hydrogen) atoms. The first-order valence-corrected chi connectivity index (χ1v) is 7.32. The summed E-state index contributed by atoms with van der Waals surface area (Å²) < 4.78 is 2.02. The highest BCUT2D eigenvalue weighted by Crippen LogP contribution is 2.22. The van der Waals surface area contributed by atoms with Gasteiger partial charge in [-0.25, -0.2) is 5.43 Å². The first kappa shape index (κ1) is 13.3. The van der Waals surface area contributed by atoms with Crippen molar-refractivity contribution in [1.29, 1.82) is 0 Å². The summed E-state index contributed by atoms with van der Waals surface area (Å²) in [4.78, 5) is 11.2. The van der Waals surface area contributed by atoms with Gasteiger partial charge in [0.1, 0.15) is 0 Å². The predicted octanol–water partition coefficient (Wildman–Crippen LogP) is 2.77. The number of hydrogen-bond acceptors (Lipinski definition) is 3. The lowest BCUT2D eigenvalue weighted by Gasteiger charge is -2.08. The quantitative estimate of drug-likeness (QED) is 0.584. The van der Waals surface area contributed by atoms with Gasteiger partial charge in [0.05, 0.1) is 5.69 Å². The molecule has 1 aromatic heterocycles. The lowest BCUT2D eigenvalue weighted by Crippen LogP contribution is -2.18. The van der Waals surface area contributed by atoms with E-state index in [4.69, 9.17) is 0 Å². The summed E-state index contributed by atoms with van der Waals surface area (Å²) >= 11 is 1.48. The Labute approximate surface area is 126 Å². The summed E-state index contributed by atoms with van der Waals surface area (Å²) in [6, 6.07) is 20.1. The Morgan fingerprint density at radius 3 is 2.33 bits per heavy atom. The van der Waals surface area contributed by atoms with Crippen LogP contribution in [0.1, 0.15) is 0 Å². The molecule has 2 aromatic carbocycles. The van der Waals surface area contributed by atoms with Gasteiger partial charge >= 0.3 is 0 Å². The van der Waals surface area contributed by atoms with Gasteiger partial charge in [-0.05, 0) is 17.7 Å². The number of thiazole rings is 1. The molecule has 0 radical (unpaired) electrons. The van der Waals surface area contributed by atoms with E-state index in [9.17, 15) is 4.79 Å². The van der Waals surface area contributed by atoms with Crippen molar-refractivity contribution in [1.82, 2.24) is 9.99 Å². The Morgan fingerprint density at radius 1 is 1.00 bits per heavy atom. The first-order valence-electron chi connectivity index (χ1n) is 6.44. The molecule has 0 unspecified atom stereocenters. The van der Waals surface area contributed by atoms with Crippen molar-refractivity contribution in [2.75, 3.05) is 0 Å². The largest absolute Gasteiger partial charge is 0.284 e. The summed E-state index contributed by atoms with van der Waals surface area (Å²) in [7, 11) is 0. The topological polar surface area (TPSA) is 46.4 Å². The highest BCUT2D eigenvalue weighted by Gasteiger charge is 2.09. The van der Waals surface area contributed by atoms with E-state index in [2.05, 4.69) is 22.7 Å². The van der Waals surface area contributed by atoms with Crippen LogP contribution in [0, 0.1) is 0 Å². The zero-order valence-electron chi connectivity index (χ0n) is 11.1. The van der Waals surface area contributed by atoms with Crippen LogP contribution in [-0.2, 0) is 4.79 Å². The van der Waals surface area contributed by atoms with Crippen LogP contribution in [0.15, 0.2) is 71.1 Å². The number of rotatable bonds is 4. The predicted molar refractivity (Wildman–Crippen MR) is 83.8 cm³/mol. The number of nitrogens with one attached hydrogen (secondary N) is 1. The van der Waals surface area contributed by atoms with Crippen LogP contribution in [0.5, 0.6) is 0 Å². The molecule has 4 nitrogen and oxygen atoms in total. The summed E-state index contributed by atoms with van der Waals surface area (Å²) in [5.74, 6) is 0. The maximum atomic E-state index is 10.5. The summed E-state index contributed by atoms with van der Waals surface area (Å²) in [5, 5.41) is 6.15. The molecular weight excluding hydrogens is 282 g/mol. The van der Waals surface area contributed by atoms with Crippen LogP contribution in [0.25, 0.3) is 16.9 Å². The van der Waals surface area contributed by atoms with Gasteiger partial charge in [-0.15, -0.1) is 16.4 Å². The molecule has 3 rings (SSSR count). The van der Waals surface area contributed by atoms with Crippen molar-refractivity contribution in [2.45, 2.75) is 0 Å². The van der Waals surface area contributed by atoms with E-state index in [0.717, 1.165) is 16.9 Å². The first-order chi connectivity index (χ1) is 10.4. The van der Waals surface area contributed by atoms with E-state index in [0.29, 0.717) is 11.2 Å². The molecule has 0 fully saturated rings. The average molecular weight is 295 g/mol. The van der Waals surface area contributed by atoms with Crippen molar-refractivity contribution in [3.63, 3.8) is 0 Å². The van der Waals surface area contributed by atoms with Crippen LogP contribution in [0.2, 0.25) is 0 Å². The SMILES string of the molecule is O=CNN=c1scc(-c2ccccc2)n1-c1ccccc1. The summed E-state index contributed by atoms with van der Waals surface area (Å²) in [6.07, 6.45) is 0.567. The molecule has 1 amide bonds. The minimum absolute atomic E-state index is 0.567. The third-order valence-corrected chi connectivity index (χ3v) is 3.83. The fourth-order valence-corrected chi connectivity index (χ4v) is 2.98. The Balaban J connectivity index is 2.23. The lowest BCUT2D eigenvalue weighted by molar-refractivity contribution is -0.109.